The van der Waals surface area contributed by atoms with Crippen molar-refractivity contribution in [2.24, 2.45) is 5.92 Å². The number of carbonyl (C=O) groups excluding carboxylic acids is 4. The third-order valence-electron chi connectivity index (χ3n) is 2.66. The number of hydroxylamine groups is 2. The van der Waals surface area contributed by atoms with E-state index in [1.165, 1.54) is 0 Å². The number of imide groups is 1. The van der Waals surface area contributed by atoms with Gasteiger partial charge in [0.2, 0.25) is 0 Å². The van der Waals surface area contributed by atoms with E-state index in [1.54, 1.807) is 20.8 Å². The van der Waals surface area contributed by atoms with Crippen LogP contribution in [0.15, 0.2) is 0 Å². The third-order valence-corrected chi connectivity index (χ3v) is 2.66. The molecule has 1 fully saturated rings. The summed E-state index contributed by atoms with van der Waals surface area (Å²) in [6.07, 6.45) is -0.727. The number of amides is 3. The minimum atomic E-state index is -1.00. The van der Waals surface area contributed by atoms with Crippen molar-refractivity contribution in [2.45, 2.75) is 39.7 Å². The predicted molar refractivity (Wildman–Crippen MR) is 66.0 cm³/mol. The summed E-state index contributed by atoms with van der Waals surface area (Å²) in [7, 11) is 0. The van der Waals surface area contributed by atoms with Gasteiger partial charge in [-0.2, -0.15) is 0 Å². The van der Waals surface area contributed by atoms with Crippen LogP contribution in [0.3, 0.4) is 0 Å². The highest BCUT2D eigenvalue weighted by molar-refractivity contribution is 6.01. The second-order valence-electron chi connectivity index (χ2n) is 4.58. The average Bonchev–Trinajstić information content (AvgIpc) is 2.67. The standard InChI is InChI=1S/C12H18N2O6/c1-4-19-12(18)13-10(7(2)3)11(17)20-14-8(15)5-6-9(14)16/h7,10H,4-6H2,1-3H3,(H,13,18)/t10-/m0/s1. The topological polar surface area (TPSA) is 102 Å². The summed E-state index contributed by atoms with van der Waals surface area (Å²) >= 11 is 0. The Hall–Kier alpha value is -2.12. The number of ether oxygens (including phenoxy) is 1. The maximum atomic E-state index is 11.9. The molecule has 8 nitrogen and oxygen atoms in total. The Kier molecular flexibility index (Phi) is 5.48. The summed E-state index contributed by atoms with van der Waals surface area (Å²) in [4.78, 5) is 50.7. The summed E-state index contributed by atoms with van der Waals surface area (Å²) in [5.74, 6) is -2.31. The van der Waals surface area contributed by atoms with Gasteiger partial charge in [0.1, 0.15) is 6.04 Å². The van der Waals surface area contributed by atoms with Crippen LogP contribution in [0.25, 0.3) is 0 Å². The summed E-state index contributed by atoms with van der Waals surface area (Å²) in [6, 6.07) is -1.00. The minimum absolute atomic E-state index is 0.0176. The number of nitrogens with zero attached hydrogens (tertiary/aromatic N) is 1. The molecule has 0 aliphatic carbocycles. The molecule has 0 saturated carbocycles. The van der Waals surface area contributed by atoms with Crippen molar-refractivity contribution in [1.29, 1.82) is 0 Å². The molecule has 8 heteroatoms. The van der Waals surface area contributed by atoms with Crippen LogP contribution in [0, 0.1) is 5.92 Å². The number of hydrogen-bond acceptors (Lipinski definition) is 6. The molecule has 1 saturated heterocycles. The van der Waals surface area contributed by atoms with Gasteiger partial charge >= 0.3 is 12.1 Å². The highest BCUT2D eigenvalue weighted by Gasteiger charge is 2.36. The highest BCUT2D eigenvalue weighted by Crippen LogP contribution is 2.14. The zero-order chi connectivity index (χ0) is 15.3. The lowest BCUT2D eigenvalue weighted by Crippen LogP contribution is -2.48. The van der Waals surface area contributed by atoms with E-state index in [0.717, 1.165) is 0 Å². The van der Waals surface area contributed by atoms with Crippen LogP contribution in [0.5, 0.6) is 0 Å². The molecule has 1 atom stereocenters. The first kappa shape index (κ1) is 15.9. The Balaban J connectivity index is 2.67. The van der Waals surface area contributed by atoms with Gasteiger partial charge in [-0.25, -0.2) is 9.59 Å². The fraction of sp³-hybridized carbons (Fsp3) is 0.667. The molecular formula is C12H18N2O6. The molecule has 1 heterocycles. The first-order valence-corrected chi connectivity index (χ1v) is 6.37. The lowest BCUT2D eigenvalue weighted by molar-refractivity contribution is -0.199. The zero-order valence-electron chi connectivity index (χ0n) is 11.7. The van der Waals surface area contributed by atoms with Crippen LogP contribution < -0.4 is 5.32 Å². The van der Waals surface area contributed by atoms with Crippen molar-refractivity contribution >= 4 is 23.9 Å². The van der Waals surface area contributed by atoms with Crippen molar-refractivity contribution in [3.05, 3.63) is 0 Å². The number of carbonyl (C=O) groups is 4. The quantitative estimate of drug-likeness (QED) is 0.732. The van der Waals surface area contributed by atoms with E-state index in [9.17, 15) is 19.2 Å². The van der Waals surface area contributed by atoms with Crippen LogP contribution >= 0.6 is 0 Å². The first-order valence-electron chi connectivity index (χ1n) is 6.37. The van der Waals surface area contributed by atoms with E-state index in [1.807, 2.05) is 0 Å². The maximum Gasteiger partial charge on any atom is 0.407 e. The largest absolute Gasteiger partial charge is 0.450 e. The fourth-order valence-electron chi connectivity index (χ4n) is 1.60. The van der Waals surface area contributed by atoms with Crippen LogP contribution in [-0.2, 0) is 24.0 Å². The van der Waals surface area contributed by atoms with Gasteiger partial charge in [0.25, 0.3) is 11.8 Å². The van der Waals surface area contributed by atoms with Crippen LogP contribution in [0.1, 0.15) is 33.6 Å². The fourth-order valence-corrected chi connectivity index (χ4v) is 1.60. The summed E-state index contributed by atoms with van der Waals surface area (Å²) in [5, 5.41) is 2.78. The lowest BCUT2D eigenvalue weighted by Gasteiger charge is -2.22. The van der Waals surface area contributed by atoms with Crippen molar-refractivity contribution < 1.29 is 28.8 Å². The van der Waals surface area contributed by atoms with Gasteiger partial charge < -0.3 is 14.9 Å². The molecule has 0 aromatic heterocycles. The molecule has 1 N–H and O–H groups in total. The van der Waals surface area contributed by atoms with Gasteiger partial charge in [0, 0.05) is 12.8 Å². The molecule has 0 radical (unpaired) electrons. The number of rotatable bonds is 5. The summed E-state index contributed by atoms with van der Waals surface area (Å²) in [5.41, 5.74) is 0. The normalized spacial score (nSPS) is 16.3. The van der Waals surface area contributed by atoms with E-state index < -0.39 is 29.9 Å². The number of nitrogens with one attached hydrogen (secondary N) is 1. The van der Waals surface area contributed by atoms with Gasteiger partial charge in [0.15, 0.2) is 0 Å². The second-order valence-corrected chi connectivity index (χ2v) is 4.58. The molecule has 3 amide bonds. The van der Waals surface area contributed by atoms with Crippen LogP contribution in [0.2, 0.25) is 0 Å². The molecule has 1 aliphatic rings. The summed E-state index contributed by atoms with van der Waals surface area (Å²) in [6.45, 7) is 5.16. The molecule has 1 aliphatic heterocycles. The van der Waals surface area contributed by atoms with Crippen LogP contribution in [-0.4, -0.2) is 41.6 Å². The molecule has 0 bridgehead atoms. The summed E-state index contributed by atoms with van der Waals surface area (Å²) < 4.78 is 4.68. The number of alkyl carbamates (subject to hydrolysis) is 1. The molecular weight excluding hydrogens is 268 g/mol. The van der Waals surface area contributed by atoms with Gasteiger partial charge in [-0.3, -0.25) is 9.59 Å². The Morgan fingerprint density at radius 3 is 2.25 bits per heavy atom. The van der Waals surface area contributed by atoms with Crippen LogP contribution in [0.4, 0.5) is 4.79 Å². The van der Waals surface area contributed by atoms with Gasteiger partial charge in [-0.15, -0.1) is 5.06 Å². The monoisotopic (exact) mass is 286 g/mol. The minimum Gasteiger partial charge on any atom is -0.450 e. The predicted octanol–water partition coefficient (Wildman–Crippen LogP) is 0.364. The SMILES string of the molecule is CCOC(=O)N[C@H](C(=O)ON1C(=O)CCC1=O)C(C)C. The van der Waals surface area contributed by atoms with E-state index in [-0.39, 0.29) is 25.4 Å². The van der Waals surface area contributed by atoms with Crippen molar-refractivity contribution in [1.82, 2.24) is 10.4 Å². The molecule has 20 heavy (non-hydrogen) atoms. The molecule has 0 aromatic rings. The lowest BCUT2D eigenvalue weighted by atomic mass is 10.1. The Bertz CT molecular complexity index is 404. The molecule has 1 rings (SSSR count). The van der Waals surface area contributed by atoms with E-state index in [4.69, 9.17) is 4.84 Å². The van der Waals surface area contributed by atoms with E-state index in [0.29, 0.717) is 5.06 Å². The molecule has 0 spiro atoms. The van der Waals surface area contributed by atoms with Crippen molar-refractivity contribution in [3.63, 3.8) is 0 Å². The molecule has 112 valence electrons. The first-order chi connectivity index (χ1) is 9.36. The number of hydrogen-bond donors (Lipinski definition) is 1. The third kappa shape index (κ3) is 3.94. The maximum absolute atomic E-state index is 11.9. The van der Waals surface area contributed by atoms with Gasteiger partial charge in [0.05, 0.1) is 6.61 Å². The van der Waals surface area contributed by atoms with Gasteiger partial charge in [-0.05, 0) is 12.8 Å². The Morgan fingerprint density at radius 1 is 1.25 bits per heavy atom. The van der Waals surface area contributed by atoms with Gasteiger partial charge in [-0.1, -0.05) is 13.8 Å². The average molecular weight is 286 g/mol. The Labute approximate surface area is 116 Å². The second kappa shape index (κ2) is 6.88. The zero-order valence-corrected chi connectivity index (χ0v) is 11.7. The van der Waals surface area contributed by atoms with E-state index in [2.05, 4.69) is 10.1 Å². The van der Waals surface area contributed by atoms with Crippen molar-refractivity contribution in [3.8, 4) is 0 Å². The van der Waals surface area contributed by atoms with Crippen molar-refractivity contribution in [2.75, 3.05) is 6.61 Å². The smallest absolute Gasteiger partial charge is 0.407 e. The van der Waals surface area contributed by atoms with E-state index >= 15 is 0 Å². The molecule has 0 unspecified atom stereocenters. The Morgan fingerprint density at radius 2 is 1.80 bits per heavy atom. The molecule has 0 aromatic carbocycles. The highest BCUT2D eigenvalue weighted by atomic mass is 16.7.